The second kappa shape index (κ2) is 4.38. The first-order chi connectivity index (χ1) is 8.09. The van der Waals surface area contributed by atoms with Crippen molar-refractivity contribution >= 4 is 33.5 Å². The fourth-order valence-corrected chi connectivity index (χ4v) is 1.98. The monoisotopic (exact) mass is 253 g/mol. The van der Waals surface area contributed by atoms with Crippen molar-refractivity contribution in [3.05, 3.63) is 23.7 Å². The molecular weight excluding hydrogens is 246 g/mol. The number of benzene rings is 1. The molecule has 88 valence electrons. The lowest BCUT2D eigenvalue weighted by Crippen LogP contribution is -2.35. The van der Waals surface area contributed by atoms with E-state index in [-0.39, 0.29) is 5.75 Å². The zero-order chi connectivity index (χ0) is 12.4. The minimum atomic E-state index is -1.93. The predicted molar refractivity (Wildman–Crippen MR) is 59.3 cm³/mol. The van der Waals surface area contributed by atoms with E-state index in [2.05, 4.69) is 4.98 Å². The van der Waals surface area contributed by atoms with Gasteiger partial charge in [-0.1, -0.05) is 6.07 Å². The third kappa shape index (κ3) is 2.18. The normalized spacial score (nSPS) is 10.6. The summed E-state index contributed by atoms with van der Waals surface area (Å²) in [6.07, 6.45) is -1.93. The van der Waals surface area contributed by atoms with Crippen molar-refractivity contribution in [3.8, 4) is 5.75 Å². The van der Waals surface area contributed by atoms with E-state index >= 15 is 0 Å². The van der Waals surface area contributed by atoms with Gasteiger partial charge in [0.2, 0.25) is 0 Å². The Labute approximate surface area is 99.1 Å². The summed E-state index contributed by atoms with van der Waals surface area (Å²) in [5.74, 6) is -2.95. The minimum Gasteiger partial charge on any atom is -0.478 e. The van der Waals surface area contributed by atoms with Crippen LogP contribution < -0.4 is 4.74 Å². The Bertz CT molecular complexity index is 565. The average Bonchev–Trinajstić information content (AvgIpc) is 2.73. The van der Waals surface area contributed by atoms with Gasteiger partial charge in [-0.3, -0.25) is 0 Å². The smallest absolute Gasteiger partial charge is 0.356 e. The molecule has 0 radical (unpaired) electrons. The Morgan fingerprint density at radius 2 is 2.00 bits per heavy atom. The molecule has 1 aromatic heterocycles. The molecule has 0 amide bonds. The molecule has 17 heavy (non-hydrogen) atoms. The molecule has 0 saturated heterocycles. The van der Waals surface area contributed by atoms with Crippen LogP contribution in [0.3, 0.4) is 0 Å². The van der Waals surface area contributed by atoms with Crippen LogP contribution in [-0.4, -0.2) is 33.2 Å². The van der Waals surface area contributed by atoms with E-state index in [4.69, 9.17) is 14.9 Å². The molecule has 0 aliphatic rings. The van der Waals surface area contributed by atoms with E-state index in [0.29, 0.717) is 5.52 Å². The van der Waals surface area contributed by atoms with Gasteiger partial charge in [0, 0.05) is 0 Å². The number of rotatable bonds is 4. The van der Waals surface area contributed by atoms with Crippen LogP contribution in [0.2, 0.25) is 0 Å². The van der Waals surface area contributed by atoms with Crippen molar-refractivity contribution in [3.63, 3.8) is 0 Å². The summed E-state index contributed by atoms with van der Waals surface area (Å²) in [7, 11) is 0. The molecule has 0 fully saturated rings. The highest BCUT2D eigenvalue weighted by molar-refractivity contribution is 7.16. The van der Waals surface area contributed by atoms with Gasteiger partial charge < -0.3 is 14.9 Å². The molecule has 0 aliphatic carbocycles. The Balaban J connectivity index is 2.37. The number of aromatic nitrogens is 1. The first-order valence-corrected chi connectivity index (χ1v) is 5.42. The number of carbonyl (C=O) groups is 2. The van der Waals surface area contributed by atoms with Crippen molar-refractivity contribution in [2.75, 3.05) is 0 Å². The Morgan fingerprint density at radius 1 is 1.29 bits per heavy atom. The van der Waals surface area contributed by atoms with Crippen LogP contribution in [0.1, 0.15) is 0 Å². The standard InChI is InChI=1S/C10H7NO5S/c12-9(13)8(10(14)15)16-5-2-1-3-6-7(5)11-4-17-6/h1-4,8H,(H,12,13)(H,14,15). The number of hydrogen-bond donors (Lipinski definition) is 2. The fourth-order valence-electron chi connectivity index (χ4n) is 1.29. The SMILES string of the molecule is O=C(O)C(Oc1cccc2scnc12)C(=O)O. The Morgan fingerprint density at radius 3 is 2.65 bits per heavy atom. The van der Waals surface area contributed by atoms with Crippen LogP contribution in [0.15, 0.2) is 23.7 Å². The molecule has 0 saturated carbocycles. The fraction of sp³-hybridized carbons (Fsp3) is 0.100. The summed E-state index contributed by atoms with van der Waals surface area (Å²) in [6.45, 7) is 0. The molecular formula is C10H7NO5S. The largest absolute Gasteiger partial charge is 0.478 e. The topological polar surface area (TPSA) is 96.7 Å². The summed E-state index contributed by atoms with van der Waals surface area (Å²) in [5.41, 5.74) is 2.04. The molecule has 2 N–H and O–H groups in total. The van der Waals surface area contributed by atoms with Gasteiger partial charge in [-0.15, -0.1) is 11.3 Å². The molecule has 0 unspecified atom stereocenters. The van der Waals surface area contributed by atoms with Crippen LogP contribution in [0.4, 0.5) is 0 Å². The second-order valence-electron chi connectivity index (χ2n) is 3.13. The quantitative estimate of drug-likeness (QED) is 0.795. The molecule has 0 spiro atoms. The third-order valence-corrected chi connectivity index (χ3v) is 2.81. The Kier molecular flexibility index (Phi) is 2.92. The van der Waals surface area contributed by atoms with Crippen molar-refractivity contribution in [2.45, 2.75) is 6.10 Å². The molecule has 0 bridgehead atoms. The molecule has 1 aromatic carbocycles. The summed E-state index contributed by atoms with van der Waals surface area (Å²) >= 11 is 1.36. The zero-order valence-corrected chi connectivity index (χ0v) is 9.18. The number of para-hydroxylation sites is 1. The summed E-state index contributed by atoms with van der Waals surface area (Å²) in [6, 6.07) is 4.92. The van der Waals surface area contributed by atoms with Gasteiger partial charge in [-0.05, 0) is 12.1 Å². The second-order valence-corrected chi connectivity index (χ2v) is 4.02. The van der Waals surface area contributed by atoms with Gasteiger partial charge in [-0.2, -0.15) is 0 Å². The maximum Gasteiger partial charge on any atom is 0.356 e. The molecule has 0 aliphatic heterocycles. The van der Waals surface area contributed by atoms with Crippen LogP contribution >= 0.6 is 11.3 Å². The van der Waals surface area contributed by atoms with E-state index in [9.17, 15) is 9.59 Å². The number of aliphatic carboxylic acids is 2. The number of thiazole rings is 1. The number of ether oxygens (including phenoxy) is 1. The maximum absolute atomic E-state index is 10.7. The number of carboxylic acid groups (broad SMARTS) is 2. The first kappa shape index (κ1) is 11.3. The predicted octanol–water partition coefficient (Wildman–Crippen LogP) is 1.21. The number of fused-ring (bicyclic) bond motifs is 1. The lowest BCUT2D eigenvalue weighted by molar-refractivity contribution is -0.158. The van der Waals surface area contributed by atoms with E-state index < -0.39 is 18.0 Å². The van der Waals surface area contributed by atoms with Gasteiger partial charge in [0.05, 0.1) is 10.2 Å². The summed E-state index contributed by atoms with van der Waals surface area (Å²) < 4.78 is 5.76. The number of hydrogen-bond acceptors (Lipinski definition) is 5. The van der Waals surface area contributed by atoms with E-state index in [1.54, 1.807) is 17.6 Å². The van der Waals surface area contributed by atoms with Gasteiger partial charge in [0.1, 0.15) is 11.3 Å². The van der Waals surface area contributed by atoms with Crippen molar-refractivity contribution in [1.82, 2.24) is 4.98 Å². The highest BCUT2D eigenvalue weighted by atomic mass is 32.1. The molecule has 2 aromatic rings. The third-order valence-electron chi connectivity index (χ3n) is 2.02. The number of nitrogens with zero attached hydrogens (tertiary/aromatic N) is 1. The van der Waals surface area contributed by atoms with Gasteiger partial charge in [0.25, 0.3) is 6.10 Å². The van der Waals surface area contributed by atoms with Gasteiger partial charge in [0.15, 0.2) is 0 Å². The van der Waals surface area contributed by atoms with Crippen molar-refractivity contribution in [2.24, 2.45) is 0 Å². The molecule has 2 rings (SSSR count). The van der Waals surface area contributed by atoms with Crippen molar-refractivity contribution < 1.29 is 24.5 Å². The van der Waals surface area contributed by atoms with Gasteiger partial charge in [-0.25, -0.2) is 14.6 Å². The summed E-state index contributed by atoms with van der Waals surface area (Å²) in [4.78, 5) is 25.4. The van der Waals surface area contributed by atoms with Crippen LogP contribution in [-0.2, 0) is 9.59 Å². The van der Waals surface area contributed by atoms with Crippen LogP contribution in [0.5, 0.6) is 5.75 Å². The van der Waals surface area contributed by atoms with Crippen LogP contribution in [0, 0.1) is 0 Å². The van der Waals surface area contributed by atoms with Gasteiger partial charge >= 0.3 is 11.9 Å². The Hall–Kier alpha value is -2.15. The maximum atomic E-state index is 10.7. The van der Waals surface area contributed by atoms with E-state index in [1.165, 1.54) is 17.4 Å². The van der Waals surface area contributed by atoms with E-state index in [0.717, 1.165) is 4.70 Å². The summed E-state index contributed by atoms with van der Waals surface area (Å²) in [5, 5.41) is 17.4. The van der Waals surface area contributed by atoms with Crippen LogP contribution in [0.25, 0.3) is 10.2 Å². The minimum absolute atomic E-state index is 0.151. The molecule has 6 nitrogen and oxygen atoms in total. The molecule has 0 atom stereocenters. The first-order valence-electron chi connectivity index (χ1n) is 4.54. The highest BCUT2D eigenvalue weighted by Gasteiger charge is 2.28. The van der Waals surface area contributed by atoms with E-state index in [1.807, 2.05) is 0 Å². The lowest BCUT2D eigenvalue weighted by atomic mass is 10.3. The molecule has 1 heterocycles. The highest BCUT2D eigenvalue weighted by Crippen LogP contribution is 2.27. The van der Waals surface area contributed by atoms with Crippen molar-refractivity contribution in [1.29, 1.82) is 0 Å². The molecule has 7 heteroatoms. The zero-order valence-electron chi connectivity index (χ0n) is 8.36. The number of carboxylic acids is 2. The average molecular weight is 253 g/mol. The lowest BCUT2D eigenvalue weighted by Gasteiger charge is -2.10.